The molecule has 0 spiro atoms. The highest BCUT2D eigenvalue weighted by molar-refractivity contribution is 5.98. The molecule has 2 heterocycles. The smallest absolute Gasteiger partial charge is 0.274 e. The second-order valence-electron chi connectivity index (χ2n) is 5.16. The summed E-state index contributed by atoms with van der Waals surface area (Å²) in [5.41, 5.74) is 7.85. The fourth-order valence-corrected chi connectivity index (χ4v) is 2.75. The van der Waals surface area contributed by atoms with Gasteiger partial charge in [0.25, 0.3) is 5.91 Å². The van der Waals surface area contributed by atoms with Crippen molar-refractivity contribution in [3.05, 3.63) is 11.4 Å². The number of hydrogen-bond acceptors (Lipinski definition) is 4. The Hall–Kier alpha value is -1.56. The largest absolute Gasteiger partial charge is 0.395 e. The molecule has 1 saturated heterocycles. The van der Waals surface area contributed by atoms with E-state index in [1.54, 1.807) is 11.7 Å². The lowest BCUT2D eigenvalue weighted by atomic mass is 10.1. The molecule has 1 aromatic heterocycles. The van der Waals surface area contributed by atoms with Crippen LogP contribution in [0.4, 0.5) is 5.69 Å². The van der Waals surface area contributed by atoms with Crippen molar-refractivity contribution in [3.8, 4) is 0 Å². The Bertz CT molecular complexity index is 482. The van der Waals surface area contributed by atoms with Gasteiger partial charge in [0.1, 0.15) is 5.69 Å². The van der Waals surface area contributed by atoms with Gasteiger partial charge in [-0.15, -0.1) is 0 Å². The van der Waals surface area contributed by atoms with E-state index < -0.39 is 0 Å². The van der Waals surface area contributed by atoms with Gasteiger partial charge in [0.05, 0.1) is 17.5 Å². The van der Waals surface area contributed by atoms with Gasteiger partial charge in [-0.25, -0.2) is 0 Å². The molecule has 20 heavy (non-hydrogen) atoms. The Morgan fingerprint density at radius 1 is 1.50 bits per heavy atom. The standard InChI is InChI=1S/C14H24N4O2/c1-4-11-12(15)13(17(3)16-11)14(19)18-8-6-7-10(9-18)20-5-2/h10H,4-9,15H2,1-3H3. The molecule has 2 N–H and O–H groups in total. The summed E-state index contributed by atoms with van der Waals surface area (Å²) in [7, 11) is 1.77. The van der Waals surface area contributed by atoms with Crippen molar-refractivity contribution in [1.29, 1.82) is 0 Å². The summed E-state index contributed by atoms with van der Waals surface area (Å²) in [6.07, 6.45) is 2.85. The zero-order chi connectivity index (χ0) is 14.7. The van der Waals surface area contributed by atoms with E-state index in [-0.39, 0.29) is 12.0 Å². The minimum atomic E-state index is -0.0402. The minimum absolute atomic E-state index is 0.0402. The molecular weight excluding hydrogens is 256 g/mol. The third kappa shape index (κ3) is 2.80. The van der Waals surface area contributed by atoms with E-state index in [2.05, 4.69) is 5.10 Å². The van der Waals surface area contributed by atoms with Crippen molar-refractivity contribution < 1.29 is 9.53 Å². The number of carbonyl (C=O) groups excluding carboxylic acids is 1. The maximum atomic E-state index is 12.7. The third-order valence-electron chi connectivity index (χ3n) is 3.77. The lowest BCUT2D eigenvalue weighted by Crippen LogP contribution is -2.44. The first kappa shape index (κ1) is 14.8. The maximum absolute atomic E-state index is 12.7. The summed E-state index contributed by atoms with van der Waals surface area (Å²) in [6.45, 7) is 6.04. The Morgan fingerprint density at radius 2 is 2.25 bits per heavy atom. The number of anilines is 1. The lowest BCUT2D eigenvalue weighted by Gasteiger charge is -2.32. The summed E-state index contributed by atoms with van der Waals surface area (Å²) in [5.74, 6) is -0.0402. The molecule has 6 nitrogen and oxygen atoms in total. The predicted molar refractivity (Wildman–Crippen MR) is 77.5 cm³/mol. The number of nitrogens with two attached hydrogens (primary N) is 1. The SMILES string of the molecule is CCOC1CCCN(C(=O)c2c(N)c(CC)nn2C)C1. The van der Waals surface area contributed by atoms with Crippen molar-refractivity contribution in [2.45, 2.75) is 39.2 Å². The van der Waals surface area contributed by atoms with Crippen molar-refractivity contribution in [2.75, 3.05) is 25.4 Å². The Labute approximate surface area is 119 Å². The van der Waals surface area contributed by atoms with Crippen LogP contribution in [-0.4, -0.2) is 46.4 Å². The van der Waals surface area contributed by atoms with Crippen molar-refractivity contribution in [2.24, 2.45) is 7.05 Å². The number of nitrogen functional groups attached to an aromatic ring is 1. The molecule has 1 aromatic rings. The van der Waals surface area contributed by atoms with Gasteiger partial charge in [-0.1, -0.05) is 6.92 Å². The predicted octanol–water partition coefficient (Wildman–Crippen LogP) is 1.21. The molecule has 1 aliphatic rings. The van der Waals surface area contributed by atoms with Gasteiger partial charge in [0.15, 0.2) is 0 Å². The topological polar surface area (TPSA) is 73.4 Å². The quantitative estimate of drug-likeness (QED) is 0.899. The first-order valence-corrected chi connectivity index (χ1v) is 7.30. The number of rotatable bonds is 4. The molecule has 1 fully saturated rings. The van der Waals surface area contributed by atoms with E-state index in [4.69, 9.17) is 10.5 Å². The summed E-state index contributed by atoms with van der Waals surface area (Å²) < 4.78 is 7.24. The van der Waals surface area contributed by atoms with E-state index in [0.717, 1.165) is 31.5 Å². The van der Waals surface area contributed by atoms with Gasteiger partial charge < -0.3 is 15.4 Å². The number of carbonyl (C=O) groups is 1. The number of amides is 1. The minimum Gasteiger partial charge on any atom is -0.395 e. The molecule has 0 saturated carbocycles. The lowest BCUT2D eigenvalue weighted by molar-refractivity contribution is 0.00689. The molecule has 2 rings (SSSR count). The van der Waals surface area contributed by atoms with Crippen LogP contribution in [0.15, 0.2) is 0 Å². The number of aryl methyl sites for hydroxylation is 2. The molecular formula is C14H24N4O2. The van der Waals surface area contributed by atoms with Crippen LogP contribution >= 0.6 is 0 Å². The number of likely N-dealkylation sites (tertiary alicyclic amines) is 1. The second-order valence-corrected chi connectivity index (χ2v) is 5.16. The first-order chi connectivity index (χ1) is 9.58. The molecule has 0 aromatic carbocycles. The second kappa shape index (κ2) is 6.26. The molecule has 6 heteroatoms. The van der Waals surface area contributed by atoms with Gasteiger partial charge in [0, 0.05) is 26.7 Å². The number of piperidine rings is 1. The molecule has 112 valence electrons. The molecule has 0 aliphatic carbocycles. The van der Waals surface area contributed by atoms with Crippen LogP contribution in [0.25, 0.3) is 0 Å². The summed E-state index contributed by atoms with van der Waals surface area (Å²) in [6, 6.07) is 0. The van der Waals surface area contributed by atoms with Gasteiger partial charge >= 0.3 is 0 Å². The van der Waals surface area contributed by atoms with Crippen LogP contribution in [0.2, 0.25) is 0 Å². The molecule has 0 bridgehead atoms. The van der Waals surface area contributed by atoms with E-state index in [9.17, 15) is 4.79 Å². The van der Waals surface area contributed by atoms with Crippen LogP contribution in [0.5, 0.6) is 0 Å². The maximum Gasteiger partial charge on any atom is 0.274 e. The van der Waals surface area contributed by atoms with Crippen LogP contribution < -0.4 is 5.73 Å². The van der Waals surface area contributed by atoms with Gasteiger partial charge in [-0.05, 0) is 26.2 Å². The summed E-state index contributed by atoms with van der Waals surface area (Å²) in [4.78, 5) is 14.5. The van der Waals surface area contributed by atoms with Crippen molar-refractivity contribution in [3.63, 3.8) is 0 Å². The van der Waals surface area contributed by atoms with Gasteiger partial charge in [-0.2, -0.15) is 5.10 Å². The highest BCUT2D eigenvalue weighted by Crippen LogP contribution is 2.21. The summed E-state index contributed by atoms with van der Waals surface area (Å²) in [5, 5.41) is 4.31. The van der Waals surface area contributed by atoms with Crippen LogP contribution in [0.1, 0.15) is 42.9 Å². The number of hydrogen-bond donors (Lipinski definition) is 1. The first-order valence-electron chi connectivity index (χ1n) is 7.30. The van der Waals surface area contributed by atoms with Crippen LogP contribution in [-0.2, 0) is 18.2 Å². The summed E-state index contributed by atoms with van der Waals surface area (Å²) >= 11 is 0. The fourth-order valence-electron chi connectivity index (χ4n) is 2.75. The van der Waals surface area contributed by atoms with E-state index >= 15 is 0 Å². The molecule has 1 aliphatic heterocycles. The number of nitrogens with zero attached hydrogens (tertiary/aromatic N) is 3. The van der Waals surface area contributed by atoms with Crippen molar-refractivity contribution >= 4 is 11.6 Å². The van der Waals surface area contributed by atoms with Crippen LogP contribution in [0, 0.1) is 0 Å². The average molecular weight is 280 g/mol. The van der Waals surface area contributed by atoms with Crippen LogP contribution in [0.3, 0.4) is 0 Å². The van der Waals surface area contributed by atoms with E-state index in [0.29, 0.717) is 24.5 Å². The van der Waals surface area contributed by atoms with Crippen molar-refractivity contribution in [1.82, 2.24) is 14.7 Å². The Morgan fingerprint density at radius 3 is 2.85 bits per heavy atom. The van der Waals surface area contributed by atoms with Gasteiger partial charge in [-0.3, -0.25) is 9.48 Å². The van der Waals surface area contributed by atoms with E-state index in [1.807, 2.05) is 18.7 Å². The number of aromatic nitrogens is 2. The van der Waals surface area contributed by atoms with E-state index in [1.165, 1.54) is 0 Å². The molecule has 0 radical (unpaired) electrons. The highest BCUT2D eigenvalue weighted by atomic mass is 16.5. The van der Waals surface area contributed by atoms with Gasteiger partial charge in [0.2, 0.25) is 0 Å². The Balaban J connectivity index is 2.16. The zero-order valence-corrected chi connectivity index (χ0v) is 12.6. The zero-order valence-electron chi connectivity index (χ0n) is 12.6. The highest BCUT2D eigenvalue weighted by Gasteiger charge is 2.28. The number of ether oxygens (including phenoxy) is 1. The average Bonchev–Trinajstić information content (AvgIpc) is 2.73. The Kier molecular flexibility index (Phi) is 4.65. The molecule has 1 unspecified atom stereocenters. The monoisotopic (exact) mass is 280 g/mol. The normalized spacial score (nSPS) is 19.4. The molecule has 1 amide bonds. The fraction of sp³-hybridized carbons (Fsp3) is 0.714. The molecule has 1 atom stereocenters. The third-order valence-corrected chi connectivity index (χ3v) is 3.77.